The number of benzene rings is 2. The molecule has 0 saturated heterocycles. The lowest BCUT2D eigenvalue weighted by Gasteiger charge is -2.15. The smallest absolute Gasteiger partial charge is 0.144 e. The molecule has 0 aliphatic rings. The fourth-order valence-corrected chi connectivity index (χ4v) is 1.89. The highest BCUT2D eigenvalue weighted by atomic mass is 19.1. The van der Waals surface area contributed by atoms with Crippen molar-refractivity contribution in [2.45, 2.75) is 19.9 Å². The number of hydrogen-bond donors (Lipinski definition) is 1. The second kappa shape index (κ2) is 5.90. The Morgan fingerprint density at radius 2 is 1.90 bits per heavy atom. The van der Waals surface area contributed by atoms with Gasteiger partial charge in [0.2, 0.25) is 0 Å². The highest BCUT2D eigenvalue weighted by molar-refractivity contribution is 5.44. The monoisotopic (exact) mass is 288 g/mol. The molecule has 0 radical (unpaired) electrons. The van der Waals surface area contributed by atoms with Crippen LogP contribution in [-0.2, 0) is 0 Å². The van der Waals surface area contributed by atoms with E-state index in [2.05, 4.69) is 0 Å². The fraction of sp³-hybridized carbons (Fsp3) is 0.188. The molecule has 108 valence electrons. The molecule has 0 spiro atoms. The molecule has 0 amide bonds. The quantitative estimate of drug-likeness (QED) is 0.930. The van der Waals surface area contributed by atoms with Crippen molar-refractivity contribution in [3.63, 3.8) is 0 Å². The fourth-order valence-electron chi connectivity index (χ4n) is 1.89. The summed E-state index contributed by atoms with van der Waals surface area (Å²) in [6.07, 6.45) is 0. The predicted molar refractivity (Wildman–Crippen MR) is 74.9 cm³/mol. The van der Waals surface area contributed by atoms with Crippen LogP contribution < -0.4 is 10.5 Å². The van der Waals surface area contributed by atoms with Crippen LogP contribution in [0.25, 0.3) is 0 Å². The summed E-state index contributed by atoms with van der Waals surface area (Å²) in [6.45, 7) is 3.31. The molecule has 2 aromatic carbocycles. The zero-order valence-corrected chi connectivity index (χ0v) is 11.7. The predicted octanol–water partition coefficient (Wildman–Crippen LogP) is 3.96. The van der Waals surface area contributed by atoms with Crippen molar-refractivity contribution in [1.29, 1.82) is 5.26 Å². The normalized spacial score (nSPS) is 11.8. The average Bonchev–Trinajstić information content (AvgIpc) is 2.42. The summed E-state index contributed by atoms with van der Waals surface area (Å²) in [6, 6.07) is 8.05. The number of halogens is 2. The Kier molecular flexibility index (Phi) is 4.20. The Morgan fingerprint density at radius 1 is 1.19 bits per heavy atom. The summed E-state index contributed by atoms with van der Waals surface area (Å²) >= 11 is 0. The largest absolute Gasteiger partial charge is 0.457 e. The molecule has 0 aliphatic carbocycles. The third kappa shape index (κ3) is 3.18. The molecule has 2 rings (SSSR count). The van der Waals surface area contributed by atoms with Crippen LogP contribution >= 0.6 is 0 Å². The summed E-state index contributed by atoms with van der Waals surface area (Å²) in [4.78, 5) is 0. The average molecular weight is 288 g/mol. The van der Waals surface area contributed by atoms with Crippen LogP contribution in [-0.4, -0.2) is 0 Å². The van der Waals surface area contributed by atoms with Crippen LogP contribution in [0, 0.1) is 29.9 Å². The zero-order chi connectivity index (χ0) is 15.6. The molecular weight excluding hydrogens is 274 g/mol. The molecule has 0 aliphatic heterocycles. The highest BCUT2D eigenvalue weighted by Gasteiger charge is 2.14. The second-order valence-corrected chi connectivity index (χ2v) is 4.78. The summed E-state index contributed by atoms with van der Waals surface area (Å²) in [5.74, 6) is -0.454. The number of hydrogen-bond acceptors (Lipinski definition) is 3. The van der Waals surface area contributed by atoms with Gasteiger partial charge in [-0.25, -0.2) is 8.78 Å². The van der Waals surface area contributed by atoms with Crippen LogP contribution in [0.15, 0.2) is 30.3 Å². The molecule has 0 saturated carbocycles. The molecule has 0 aromatic heterocycles. The minimum absolute atomic E-state index is 0.0648. The van der Waals surface area contributed by atoms with Gasteiger partial charge in [-0.1, -0.05) is 0 Å². The molecule has 2 aromatic rings. The highest BCUT2D eigenvalue weighted by Crippen LogP contribution is 2.31. The van der Waals surface area contributed by atoms with Gasteiger partial charge in [0, 0.05) is 17.7 Å². The molecular formula is C16H14F2N2O. The summed E-state index contributed by atoms with van der Waals surface area (Å²) < 4.78 is 32.8. The van der Waals surface area contributed by atoms with Crippen molar-refractivity contribution in [2.75, 3.05) is 0 Å². The molecule has 21 heavy (non-hydrogen) atoms. The van der Waals surface area contributed by atoms with Gasteiger partial charge < -0.3 is 10.5 Å². The zero-order valence-electron chi connectivity index (χ0n) is 11.7. The number of nitrogens with zero attached hydrogens (tertiary/aromatic N) is 1. The van der Waals surface area contributed by atoms with Crippen LogP contribution in [0.5, 0.6) is 11.5 Å². The van der Waals surface area contributed by atoms with Crippen molar-refractivity contribution in [3.05, 3.63) is 58.7 Å². The van der Waals surface area contributed by atoms with Crippen molar-refractivity contribution < 1.29 is 13.5 Å². The van der Waals surface area contributed by atoms with Crippen molar-refractivity contribution in [3.8, 4) is 17.6 Å². The van der Waals surface area contributed by atoms with E-state index >= 15 is 0 Å². The Morgan fingerprint density at radius 3 is 2.48 bits per heavy atom. The van der Waals surface area contributed by atoms with Crippen molar-refractivity contribution in [1.82, 2.24) is 0 Å². The summed E-state index contributed by atoms with van der Waals surface area (Å²) in [5, 5.41) is 8.69. The van der Waals surface area contributed by atoms with E-state index in [-0.39, 0.29) is 17.1 Å². The Hall–Kier alpha value is -2.45. The molecule has 5 heteroatoms. The molecule has 1 atom stereocenters. The number of rotatable bonds is 3. The first-order valence-electron chi connectivity index (χ1n) is 6.35. The summed E-state index contributed by atoms with van der Waals surface area (Å²) in [5.41, 5.74) is 6.63. The van der Waals surface area contributed by atoms with Gasteiger partial charge in [-0.05, 0) is 43.7 Å². The maximum Gasteiger partial charge on any atom is 0.144 e. The van der Waals surface area contributed by atoms with Crippen LogP contribution in [0.4, 0.5) is 8.78 Å². The summed E-state index contributed by atoms with van der Waals surface area (Å²) in [7, 11) is 0. The first kappa shape index (κ1) is 14.9. The van der Waals surface area contributed by atoms with Gasteiger partial charge in [0.1, 0.15) is 29.2 Å². The van der Waals surface area contributed by atoms with Crippen molar-refractivity contribution in [2.24, 2.45) is 5.73 Å². The van der Waals surface area contributed by atoms with Gasteiger partial charge >= 0.3 is 0 Å². The van der Waals surface area contributed by atoms with Crippen LogP contribution in [0.1, 0.15) is 29.7 Å². The van der Waals surface area contributed by atoms with Gasteiger partial charge in [0.05, 0.1) is 5.56 Å². The molecule has 3 nitrogen and oxygen atoms in total. The lowest BCUT2D eigenvalue weighted by Crippen LogP contribution is -2.08. The van der Waals surface area contributed by atoms with Crippen LogP contribution in [0.2, 0.25) is 0 Å². The first-order chi connectivity index (χ1) is 9.92. The Balaban J connectivity index is 2.42. The minimum atomic E-state index is -0.670. The van der Waals surface area contributed by atoms with E-state index in [1.807, 2.05) is 0 Å². The van der Waals surface area contributed by atoms with E-state index in [0.717, 1.165) is 6.07 Å². The number of aryl methyl sites for hydroxylation is 1. The van der Waals surface area contributed by atoms with E-state index < -0.39 is 11.9 Å². The molecule has 0 unspecified atom stereocenters. The molecule has 0 fully saturated rings. The third-order valence-corrected chi connectivity index (χ3v) is 3.07. The van der Waals surface area contributed by atoms with Gasteiger partial charge in [0.25, 0.3) is 0 Å². The Bertz CT molecular complexity index is 721. The van der Waals surface area contributed by atoms with E-state index in [0.29, 0.717) is 16.9 Å². The van der Waals surface area contributed by atoms with Crippen molar-refractivity contribution >= 4 is 0 Å². The SMILES string of the molecule is Cc1cc(Oc2ccc(C#N)c(F)c2)c([C@H](C)N)cc1F. The van der Waals surface area contributed by atoms with Gasteiger partial charge in [-0.2, -0.15) is 5.26 Å². The Labute approximate surface area is 121 Å². The van der Waals surface area contributed by atoms with E-state index in [1.54, 1.807) is 19.9 Å². The maximum absolute atomic E-state index is 13.6. The first-order valence-corrected chi connectivity index (χ1v) is 6.35. The number of nitriles is 1. The molecule has 0 bridgehead atoms. The number of ether oxygens (including phenoxy) is 1. The molecule has 2 N–H and O–H groups in total. The maximum atomic E-state index is 13.6. The minimum Gasteiger partial charge on any atom is -0.457 e. The van der Waals surface area contributed by atoms with Gasteiger partial charge in [0.15, 0.2) is 0 Å². The lowest BCUT2D eigenvalue weighted by molar-refractivity contribution is 0.463. The van der Waals surface area contributed by atoms with Crippen LogP contribution in [0.3, 0.4) is 0 Å². The van der Waals surface area contributed by atoms with Gasteiger partial charge in [-0.3, -0.25) is 0 Å². The van der Waals surface area contributed by atoms with Gasteiger partial charge in [-0.15, -0.1) is 0 Å². The number of nitrogens with two attached hydrogens (primary N) is 1. The lowest BCUT2D eigenvalue weighted by atomic mass is 10.0. The second-order valence-electron chi connectivity index (χ2n) is 4.78. The third-order valence-electron chi connectivity index (χ3n) is 3.07. The standard InChI is InChI=1S/C16H14F2N2O/c1-9-5-16(13(10(2)20)7-14(9)17)21-12-4-3-11(8-19)15(18)6-12/h3-7,10H,20H2,1-2H3/t10-/m0/s1. The van der Waals surface area contributed by atoms with E-state index in [9.17, 15) is 8.78 Å². The van der Waals surface area contributed by atoms with E-state index in [1.165, 1.54) is 24.3 Å². The topological polar surface area (TPSA) is 59.0 Å². The molecule has 0 heterocycles. The van der Waals surface area contributed by atoms with E-state index in [4.69, 9.17) is 15.7 Å².